The number of nitrogens with two attached hydrogens (primary N) is 1. The lowest BCUT2D eigenvalue weighted by Gasteiger charge is -2.46. The van der Waals surface area contributed by atoms with Gasteiger partial charge in [0.25, 0.3) is 0 Å². The summed E-state index contributed by atoms with van der Waals surface area (Å²) >= 11 is 3.69. The van der Waals surface area contributed by atoms with Gasteiger partial charge >= 0.3 is 0 Å². The number of carbonyl (C=O) groups excluding carboxylic acids is 1. The lowest BCUT2D eigenvalue weighted by Crippen LogP contribution is -3.00. The van der Waals surface area contributed by atoms with Crippen LogP contribution in [-0.4, -0.2) is 43.1 Å². The highest BCUT2D eigenvalue weighted by Crippen LogP contribution is 2.48. The molecule has 3 aliphatic rings. The normalized spacial score (nSPS) is 27.9. The Labute approximate surface area is 224 Å². The molecule has 2 saturated heterocycles. The Kier molecular flexibility index (Phi) is 8.50. The fourth-order valence-electron chi connectivity index (χ4n) is 7.08. The maximum Gasteiger partial charge on any atom is 0.232 e. The molecule has 2 aromatic carbocycles. The molecule has 2 fully saturated rings. The highest BCUT2D eigenvalue weighted by molar-refractivity contribution is 9.10. The summed E-state index contributed by atoms with van der Waals surface area (Å²) in [7, 11) is 0. The Morgan fingerprint density at radius 2 is 1.94 bits per heavy atom. The molecule has 6 heteroatoms. The molecule has 2 aromatic rings. The monoisotopic (exact) mass is 560 g/mol. The number of likely N-dealkylation sites (tertiary alicyclic amines) is 1. The van der Waals surface area contributed by atoms with Crippen molar-refractivity contribution in [3.05, 3.63) is 64.1 Å². The summed E-state index contributed by atoms with van der Waals surface area (Å²) in [6.07, 6.45) is 5.30. The molecule has 3 heterocycles. The number of rotatable bonds is 5. The molecule has 5 rings (SSSR count). The van der Waals surface area contributed by atoms with Crippen molar-refractivity contribution in [2.45, 2.75) is 63.3 Å². The minimum absolute atomic E-state index is 0. The van der Waals surface area contributed by atoms with Crippen molar-refractivity contribution < 1.29 is 27.3 Å². The first-order chi connectivity index (χ1) is 16.6. The molecule has 4 atom stereocenters. The van der Waals surface area contributed by atoms with Crippen molar-refractivity contribution in [1.82, 2.24) is 4.90 Å². The van der Waals surface area contributed by atoms with Crippen LogP contribution in [-0.2, 0) is 10.2 Å². The first-order valence-electron chi connectivity index (χ1n) is 13.2. The largest absolute Gasteiger partial charge is 1.00 e. The number of halogens is 2. The number of carbonyl (C=O) groups is 1. The third-order valence-electron chi connectivity index (χ3n) is 8.97. The van der Waals surface area contributed by atoms with Crippen LogP contribution in [0.25, 0.3) is 0 Å². The quantitative estimate of drug-likeness (QED) is 0.606. The second-order valence-electron chi connectivity index (χ2n) is 10.5. The number of para-hydroxylation sites is 1. The second-order valence-corrected chi connectivity index (χ2v) is 11.3. The predicted octanol–water partition coefficient (Wildman–Crippen LogP) is 1.88. The molecule has 0 unspecified atom stereocenters. The van der Waals surface area contributed by atoms with Gasteiger partial charge in [0.05, 0.1) is 29.6 Å². The fraction of sp³-hybridized carbons (Fsp3) is 0.552. The van der Waals surface area contributed by atoms with Crippen molar-refractivity contribution in [3.63, 3.8) is 0 Å². The van der Waals surface area contributed by atoms with E-state index in [1.807, 2.05) is 6.07 Å². The SMILES string of the molecule is CCC(CC)[C@@H]1C[C@H](c2ccccc2)CCN1C(=O)[C@@H]1C[NH2+]C[C@]12CCOc1c(Br)cccc12.[Cl-]. The molecule has 1 amide bonds. The number of quaternary nitrogens is 1. The van der Waals surface area contributed by atoms with E-state index < -0.39 is 0 Å². The van der Waals surface area contributed by atoms with E-state index in [9.17, 15) is 4.79 Å². The average Bonchev–Trinajstić information content (AvgIpc) is 3.29. The number of hydrogen-bond donors (Lipinski definition) is 1. The van der Waals surface area contributed by atoms with Gasteiger partial charge in [-0.25, -0.2) is 0 Å². The smallest absolute Gasteiger partial charge is 0.232 e. The number of piperidine rings is 1. The van der Waals surface area contributed by atoms with E-state index >= 15 is 0 Å². The zero-order chi connectivity index (χ0) is 23.7. The molecule has 4 nitrogen and oxygen atoms in total. The number of hydrogen-bond acceptors (Lipinski definition) is 2. The van der Waals surface area contributed by atoms with Crippen LogP contribution in [0.4, 0.5) is 0 Å². The van der Waals surface area contributed by atoms with Crippen LogP contribution in [0.1, 0.15) is 63.0 Å². The molecule has 2 N–H and O–H groups in total. The van der Waals surface area contributed by atoms with E-state index in [0.29, 0.717) is 30.4 Å². The van der Waals surface area contributed by atoms with Gasteiger partial charge in [0.15, 0.2) is 0 Å². The van der Waals surface area contributed by atoms with Gasteiger partial charge in [0.2, 0.25) is 5.91 Å². The fourth-order valence-corrected chi connectivity index (χ4v) is 7.56. The molecule has 0 aromatic heterocycles. The summed E-state index contributed by atoms with van der Waals surface area (Å²) in [5, 5.41) is 2.36. The Morgan fingerprint density at radius 1 is 1.17 bits per heavy atom. The van der Waals surface area contributed by atoms with E-state index in [1.165, 1.54) is 11.1 Å². The molecule has 0 bridgehead atoms. The maximum absolute atomic E-state index is 14.4. The standard InChI is InChI=1S/C29H37BrN2O2.ClH/c1-3-20(4-2)26-17-22(21-9-6-5-7-10-21)13-15-32(26)28(33)24-18-31-19-29(24)14-16-34-27-23(29)11-8-12-25(27)30;/h5-12,20,22,24,26,31H,3-4,13-19H2,1-2H3;1H/t22-,24+,26+,29+;/m1./s1. The van der Waals surface area contributed by atoms with Gasteiger partial charge in [-0.15, -0.1) is 0 Å². The van der Waals surface area contributed by atoms with Crippen molar-refractivity contribution in [1.29, 1.82) is 0 Å². The van der Waals surface area contributed by atoms with Crippen LogP contribution >= 0.6 is 15.9 Å². The molecule has 0 aliphatic carbocycles. The van der Waals surface area contributed by atoms with Crippen LogP contribution < -0.4 is 22.5 Å². The van der Waals surface area contributed by atoms with Gasteiger partial charge in [-0.05, 0) is 58.7 Å². The molecular formula is C29H38BrClN2O2. The zero-order valence-corrected chi connectivity index (χ0v) is 23.2. The minimum atomic E-state index is -0.136. The first-order valence-corrected chi connectivity index (χ1v) is 14.0. The molecule has 3 aliphatic heterocycles. The second kappa shape index (κ2) is 11.2. The van der Waals surface area contributed by atoms with Crippen molar-refractivity contribution in [2.24, 2.45) is 11.8 Å². The van der Waals surface area contributed by atoms with Gasteiger partial charge in [-0.3, -0.25) is 4.79 Å². The van der Waals surface area contributed by atoms with Gasteiger partial charge in [0.1, 0.15) is 11.7 Å². The van der Waals surface area contributed by atoms with E-state index in [4.69, 9.17) is 4.74 Å². The Hall–Kier alpha value is -1.56. The van der Waals surface area contributed by atoms with Gasteiger partial charge < -0.3 is 27.4 Å². The molecule has 35 heavy (non-hydrogen) atoms. The first kappa shape index (κ1) is 26.5. The van der Waals surface area contributed by atoms with Crippen molar-refractivity contribution in [2.75, 3.05) is 26.2 Å². The van der Waals surface area contributed by atoms with Crippen molar-refractivity contribution in [3.8, 4) is 5.75 Å². The predicted molar refractivity (Wildman–Crippen MR) is 139 cm³/mol. The third-order valence-corrected chi connectivity index (χ3v) is 9.59. The van der Waals surface area contributed by atoms with Crippen LogP contribution in [0, 0.1) is 11.8 Å². The summed E-state index contributed by atoms with van der Waals surface area (Å²) < 4.78 is 7.09. The van der Waals surface area contributed by atoms with Crippen molar-refractivity contribution >= 4 is 21.8 Å². The average molecular weight is 562 g/mol. The summed E-state index contributed by atoms with van der Waals surface area (Å²) in [5.41, 5.74) is 2.52. The summed E-state index contributed by atoms with van der Waals surface area (Å²) in [6.45, 7) is 7.97. The van der Waals surface area contributed by atoms with Gasteiger partial charge in [-0.1, -0.05) is 69.2 Å². The number of amides is 1. The lowest BCUT2D eigenvalue weighted by atomic mass is 9.68. The highest BCUT2D eigenvalue weighted by Gasteiger charge is 2.56. The third kappa shape index (κ3) is 4.76. The summed E-state index contributed by atoms with van der Waals surface area (Å²) in [4.78, 5) is 16.7. The number of fused-ring (bicyclic) bond motifs is 2. The summed E-state index contributed by atoms with van der Waals surface area (Å²) in [5.74, 6) is 2.42. The molecule has 0 radical (unpaired) electrons. The summed E-state index contributed by atoms with van der Waals surface area (Å²) in [6, 6.07) is 17.6. The number of nitrogens with zero attached hydrogens (tertiary/aromatic N) is 1. The maximum atomic E-state index is 14.4. The van der Waals surface area contributed by atoms with E-state index in [1.54, 1.807) is 0 Å². The lowest BCUT2D eigenvalue weighted by molar-refractivity contribution is -0.640. The highest BCUT2D eigenvalue weighted by atomic mass is 79.9. The van der Waals surface area contributed by atoms with Crippen LogP contribution in [0.5, 0.6) is 5.75 Å². The molecule has 0 saturated carbocycles. The van der Waals surface area contributed by atoms with Gasteiger partial charge in [-0.2, -0.15) is 0 Å². The number of ether oxygens (including phenoxy) is 1. The Balaban J connectivity index is 0.00000289. The van der Waals surface area contributed by atoms with Gasteiger partial charge in [0, 0.05) is 18.2 Å². The minimum Gasteiger partial charge on any atom is -1.00 e. The van der Waals surface area contributed by atoms with E-state index in [0.717, 1.165) is 62.0 Å². The Bertz CT molecular complexity index is 1010. The van der Waals surface area contributed by atoms with Crippen LogP contribution in [0.3, 0.4) is 0 Å². The molecular weight excluding hydrogens is 524 g/mol. The topological polar surface area (TPSA) is 46.2 Å². The molecule has 190 valence electrons. The molecule has 1 spiro atoms. The van der Waals surface area contributed by atoms with Crippen LogP contribution in [0.15, 0.2) is 53.0 Å². The van der Waals surface area contributed by atoms with Crippen LogP contribution in [0.2, 0.25) is 0 Å². The number of benzene rings is 2. The zero-order valence-electron chi connectivity index (χ0n) is 20.9. The van der Waals surface area contributed by atoms with E-state index in [2.05, 4.69) is 82.5 Å². The Morgan fingerprint density at radius 3 is 2.69 bits per heavy atom. The van der Waals surface area contributed by atoms with E-state index in [-0.39, 0.29) is 23.7 Å².